The fourth-order valence-corrected chi connectivity index (χ4v) is 4.91. The third-order valence-electron chi connectivity index (χ3n) is 5.03. The maximum Gasteiger partial charge on any atom is 0.262 e. The van der Waals surface area contributed by atoms with Crippen LogP contribution in [-0.4, -0.2) is 28.6 Å². The Balaban J connectivity index is 1.39. The van der Waals surface area contributed by atoms with Crippen LogP contribution in [0.1, 0.15) is 23.8 Å². The first kappa shape index (κ1) is 18.7. The van der Waals surface area contributed by atoms with Gasteiger partial charge in [-0.3, -0.25) is 14.2 Å². The van der Waals surface area contributed by atoms with Crippen molar-refractivity contribution in [1.82, 2.24) is 14.9 Å². The average molecular weight is 398 g/mol. The van der Waals surface area contributed by atoms with Gasteiger partial charge in [0.2, 0.25) is 5.91 Å². The van der Waals surface area contributed by atoms with Gasteiger partial charge in [0.15, 0.2) is 0 Å². The molecule has 0 spiro atoms. The molecule has 7 heteroatoms. The average Bonchev–Trinajstić information content (AvgIpc) is 3.06. The van der Waals surface area contributed by atoms with Gasteiger partial charge in [-0.25, -0.2) is 4.98 Å². The van der Waals surface area contributed by atoms with Gasteiger partial charge in [-0.15, -0.1) is 11.3 Å². The number of amides is 1. The third kappa shape index (κ3) is 3.94. The minimum atomic E-state index is -0.224. The van der Waals surface area contributed by atoms with Gasteiger partial charge in [-0.05, 0) is 42.9 Å². The highest BCUT2D eigenvalue weighted by Crippen LogP contribution is 2.35. The highest BCUT2D eigenvalue weighted by molar-refractivity contribution is 7.18. The van der Waals surface area contributed by atoms with Crippen molar-refractivity contribution < 1.29 is 9.53 Å². The van der Waals surface area contributed by atoms with Crippen LogP contribution in [0, 0.1) is 5.92 Å². The smallest absolute Gasteiger partial charge is 0.262 e. The minimum absolute atomic E-state index is 0.0336. The Kier molecular flexibility index (Phi) is 5.43. The maximum atomic E-state index is 12.9. The number of hydrogen-bond acceptors (Lipinski definition) is 5. The Morgan fingerprint density at radius 2 is 2.18 bits per heavy atom. The highest BCUT2D eigenvalue weighted by Gasteiger charge is 2.23. The molecule has 1 unspecified atom stereocenters. The number of para-hydroxylation sites is 1. The van der Waals surface area contributed by atoms with Gasteiger partial charge < -0.3 is 10.1 Å². The molecule has 28 heavy (non-hydrogen) atoms. The zero-order valence-corrected chi connectivity index (χ0v) is 16.6. The van der Waals surface area contributed by atoms with E-state index in [0.717, 1.165) is 35.4 Å². The second-order valence-corrected chi connectivity index (χ2v) is 8.30. The molecule has 2 heterocycles. The first-order valence-electron chi connectivity index (χ1n) is 9.56. The van der Waals surface area contributed by atoms with Crippen molar-refractivity contribution in [2.45, 2.75) is 32.7 Å². The third-order valence-corrected chi connectivity index (χ3v) is 6.19. The van der Waals surface area contributed by atoms with Crippen molar-refractivity contribution in [1.29, 1.82) is 0 Å². The Bertz CT molecular complexity index is 1040. The molecule has 0 saturated heterocycles. The molecule has 146 valence electrons. The Morgan fingerprint density at radius 1 is 1.36 bits per heavy atom. The standard InChI is InChI=1S/C21H23N3O3S/c1-14-7-8-16-17(11-14)28-20-19(16)21(26)24(13-23-20)12-18(25)22-9-10-27-15-5-3-2-4-6-15/h2-6,13-14H,7-12H2,1H3,(H,22,25). The van der Waals surface area contributed by atoms with Crippen molar-refractivity contribution >= 4 is 27.5 Å². The van der Waals surface area contributed by atoms with Crippen molar-refractivity contribution in [3.05, 3.63) is 57.5 Å². The zero-order chi connectivity index (χ0) is 19.5. The summed E-state index contributed by atoms with van der Waals surface area (Å²) in [4.78, 5) is 31.7. The second kappa shape index (κ2) is 8.14. The molecule has 0 bridgehead atoms. The zero-order valence-electron chi connectivity index (χ0n) is 15.8. The molecule has 0 aliphatic heterocycles. The van der Waals surface area contributed by atoms with Gasteiger partial charge >= 0.3 is 0 Å². The number of aryl methyl sites for hydroxylation is 1. The van der Waals surface area contributed by atoms with E-state index < -0.39 is 0 Å². The van der Waals surface area contributed by atoms with E-state index in [1.165, 1.54) is 15.8 Å². The van der Waals surface area contributed by atoms with Gasteiger partial charge in [0, 0.05) is 4.88 Å². The summed E-state index contributed by atoms with van der Waals surface area (Å²) >= 11 is 1.62. The molecule has 0 radical (unpaired) electrons. The predicted octanol–water partition coefficient (Wildman–Crippen LogP) is 2.78. The van der Waals surface area contributed by atoms with E-state index >= 15 is 0 Å². The van der Waals surface area contributed by atoms with Crippen LogP contribution in [0.5, 0.6) is 5.75 Å². The van der Waals surface area contributed by atoms with Crippen LogP contribution in [0.4, 0.5) is 0 Å². The van der Waals surface area contributed by atoms with Gasteiger partial charge in [-0.2, -0.15) is 0 Å². The van der Waals surface area contributed by atoms with E-state index in [2.05, 4.69) is 17.2 Å². The Hall–Kier alpha value is -2.67. The summed E-state index contributed by atoms with van der Waals surface area (Å²) in [6.45, 7) is 2.96. The number of nitrogens with zero attached hydrogens (tertiary/aromatic N) is 2. The number of benzene rings is 1. The lowest BCUT2D eigenvalue weighted by Crippen LogP contribution is -2.34. The quantitative estimate of drug-likeness (QED) is 0.649. The van der Waals surface area contributed by atoms with Crippen molar-refractivity contribution in [3.8, 4) is 5.75 Å². The SMILES string of the molecule is CC1CCc2c(sc3ncn(CC(=O)NCCOc4ccccc4)c(=O)c23)C1. The largest absolute Gasteiger partial charge is 0.492 e. The summed E-state index contributed by atoms with van der Waals surface area (Å²) < 4.78 is 6.96. The summed E-state index contributed by atoms with van der Waals surface area (Å²) in [5.41, 5.74) is 1.02. The molecule has 1 N–H and O–H groups in total. The normalized spacial score (nSPS) is 16.0. The van der Waals surface area contributed by atoms with Crippen LogP contribution in [0.3, 0.4) is 0 Å². The number of hydrogen-bond donors (Lipinski definition) is 1. The lowest BCUT2D eigenvalue weighted by molar-refractivity contribution is -0.121. The van der Waals surface area contributed by atoms with Gasteiger partial charge in [0.1, 0.15) is 23.7 Å². The molecule has 0 saturated carbocycles. The van der Waals surface area contributed by atoms with Crippen LogP contribution in [-0.2, 0) is 24.2 Å². The molecule has 1 amide bonds. The second-order valence-electron chi connectivity index (χ2n) is 7.22. The molecular weight excluding hydrogens is 374 g/mol. The number of fused-ring (bicyclic) bond motifs is 3. The molecule has 6 nitrogen and oxygen atoms in total. The van der Waals surface area contributed by atoms with E-state index in [1.807, 2.05) is 30.3 Å². The van der Waals surface area contributed by atoms with E-state index in [1.54, 1.807) is 11.3 Å². The molecule has 2 aromatic heterocycles. The van der Waals surface area contributed by atoms with Crippen LogP contribution in [0.15, 0.2) is 41.5 Å². The highest BCUT2D eigenvalue weighted by atomic mass is 32.1. The van der Waals surface area contributed by atoms with Crippen LogP contribution in [0.2, 0.25) is 0 Å². The summed E-state index contributed by atoms with van der Waals surface area (Å²) in [6.07, 6.45) is 4.50. The lowest BCUT2D eigenvalue weighted by atomic mass is 9.89. The number of rotatable bonds is 6. The molecule has 0 fully saturated rings. The van der Waals surface area contributed by atoms with Gasteiger partial charge in [0.25, 0.3) is 5.56 Å². The van der Waals surface area contributed by atoms with E-state index in [4.69, 9.17) is 4.74 Å². The maximum absolute atomic E-state index is 12.9. The predicted molar refractivity (Wildman–Crippen MR) is 110 cm³/mol. The fraction of sp³-hybridized carbons (Fsp3) is 0.381. The van der Waals surface area contributed by atoms with Gasteiger partial charge in [-0.1, -0.05) is 25.1 Å². The van der Waals surface area contributed by atoms with Crippen LogP contribution < -0.4 is 15.6 Å². The van der Waals surface area contributed by atoms with Crippen LogP contribution >= 0.6 is 11.3 Å². The summed E-state index contributed by atoms with van der Waals surface area (Å²) in [5.74, 6) is 1.18. The lowest BCUT2D eigenvalue weighted by Gasteiger charge is -2.17. The first-order valence-corrected chi connectivity index (χ1v) is 10.4. The monoisotopic (exact) mass is 397 g/mol. The molecule has 1 aromatic carbocycles. The Labute approximate surface area is 167 Å². The summed E-state index contributed by atoms with van der Waals surface area (Å²) in [6, 6.07) is 9.44. The summed E-state index contributed by atoms with van der Waals surface area (Å²) in [5, 5.41) is 3.49. The van der Waals surface area contributed by atoms with Crippen molar-refractivity contribution in [3.63, 3.8) is 0 Å². The molecule has 4 rings (SSSR count). The number of thiophene rings is 1. The minimum Gasteiger partial charge on any atom is -0.492 e. The Morgan fingerprint density at radius 3 is 3.00 bits per heavy atom. The number of carbonyl (C=O) groups excluding carboxylic acids is 1. The van der Waals surface area contributed by atoms with Gasteiger partial charge in [0.05, 0.1) is 18.3 Å². The number of ether oxygens (including phenoxy) is 1. The van der Waals surface area contributed by atoms with Crippen molar-refractivity contribution in [2.75, 3.05) is 13.2 Å². The molecule has 3 aromatic rings. The molecule has 1 aliphatic rings. The van der Waals surface area contributed by atoms with E-state index in [9.17, 15) is 9.59 Å². The molecular formula is C21H23N3O3S. The number of aromatic nitrogens is 2. The molecule has 1 aliphatic carbocycles. The first-order chi connectivity index (χ1) is 13.6. The fourth-order valence-electron chi connectivity index (χ4n) is 3.57. The topological polar surface area (TPSA) is 73.2 Å². The van der Waals surface area contributed by atoms with E-state index in [-0.39, 0.29) is 18.0 Å². The summed E-state index contributed by atoms with van der Waals surface area (Å²) in [7, 11) is 0. The van der Waals surface area contributed by atoms with E-state index in [0.29, 0.717) is 24.5 Å². The number of nitrogens with one attached hydrogen (secondary N) is 1. The molecule has 1 atom stereocenters. The van der Waals surface area contributed by atoms with Crippen LogP contribution in [0.25, 0.3) is 10.2 Å². The number of carbonyl (C=O) groups is 1. The van der Waals surface area contributed by atoms with Crippen molar-refractivity contribution in [2.24, 2.45) is 5.92 Å².